The summed E-state index contributed by atoms with van der Waals surface area (Å²) >= 11 is 0. The predicted octanol–water partition coefficient (Wildman–Crippen LogP) is 0.567. The minimum Gasteiger partial charge on any atom is -0.346 e. The van der Waals surface area contributed by atoms with E-state index in [0.29, 0.717) is 12.8 Å². The summed E-state index contributed by atoms with van der Waals surface area (Å²) in [7, 11) is 0. The van der Waals surface area contributed by atoms with Gasteiger partial charge in [0, 0.05) is 6.42 Å². The number of carbonyl (C=O) groups is 1. The Morgan fingerprint density at radius 2 is 2.45 bits per heavy atom. The molecule has 0 aliphatic carbocycles. The van der Waals surface area contributed by atoms with Gasteiger partial charge in [0.25, 0.3) is 0 Å². The summed E-state index contributed by atoms with van der Waals surface area (Å²) in [5.74, 6) is -0.138. The van der Waals surface area contributed by atoms with Crippen LogP contribution in [0.4, 0.5) is 0 Å². The lowest BCUT2D eigenvalue weighted by Crippen LogP contribution is -2.33. The van der Waals surface area contributed by atoms with Gasteiger partial charge in [-0.3, -0.25) is 9.59 Å². The van der Waals surface area contributed by atoms with E-state index >= 15 is 0 Å². The van der Waals surface area contributed by atoms with Crippen molar-refractivity contribution in [2.75, 3.05) is 0 Å². The Hall–Kier alpha value is -1.12. The van der Waals surface area contributed by atoms with Crippen LogP contribution in [0.15, 0.2) is 12.7 Å². The molecule has 0 unspecified atom stereocenters. The number of allylic oxidation sites excluding steroid dienone is 1. The highest BCUT2D eigenvalue weighted by Crippen LogP contribution is 1.89. The maximum absolute atomic E-state index is 10.8. The Bertz CT molecular complexity index is 154. The molecule has 0 aromatic heterocycles. The zero-order chi connectivity index (χ0) is 8.69. The summed E-state index contributed by atoms with van der Waals surface area (Å²) in [6.45, 7) is 5.06. The van der Waals surface area contributed by atoms with E-state index in [1.165, 1.54) is 0 Å². The molecular weight excluding hydrogens is 142 g/mol. The summed E-state index contributed by atoms with van der Waals surface area (Å²) in [5.41, 5.74) is 0. The molecule has 3 nitrogen and oxygen atoms in total. The lowest BCUT2D eigenvalue weighted by atomic mass is 10.3. The predicted molar refractivity (Wildman–Crippen MR) is 42.7 cm³/mol. The third-order valence-corrected chi connectivity index (χ3v) is 1.13. The van der Waals surface area contributed by atoms with Crippen molar-refractivity contribution in [1.82, 2.24) is 5.32 Å². The number of hydrogen-bond acceptors (Lipinski definition) is 2. The van der Waals surface area contributed by atoms with Gasteiger partial charge in [0.15, 0.2) is 0 Å². The van der Waals surface area contributed by atoms with E-state index in [1.807, 2.05) is 0 Å². The Balaban J connectivity index is 3.51. The van der Waals surface area contributed by atoms with Crippen molar-refractivity contribution >= 4 is 12.2 Å². The average Bonchev–Trinajstić information content (AvgIpc) is 2.00. The zero-order valence-electron chi connectivity index (χ0n) is 6.59. The third kappa shape index (κ3) is 5.33. The van der Waals surface area contributed by atoms with Crippen molar-refractivity contribution in [2.45, 2.75) is 25.8 Å². The SMILES string of the molecule is C=CCCC(=O)N[C@@H](C)[C]=O. The van der Waals surface area contributed by atoms with Crippen LogP contribution in [0.5, 0.6) is 0 Å². The Kier molecular flexibility index (Phi) is 5.07. The second-order valence-electron chi connectivity index (χ2n) is 2.23. The number of hydrogen-bond donors (Lipinski definition) is 1. The van der Waals surface area contributed by atoms with Gasteiger partial charge in [-0.1, -0.05) is 6.08 Å². The molecule has 11 heavy (non-hydrogen) atoms. The lowest BCUT2D eigenvalue weighted by Gasteiger charge is -2.04. The Morgan fingerprint density at radius 3 is 2.91 bits per heavy atom. The van der Waals surface area contributed by atoms with Crippen LogP contribution in [0, 0.1) is 0 Å². The molecule has 0 fully saturated rings. The highest BCUT2D eigenvalue weighted by Gasteiger charge is 2.04. The molecule has 1 amide bonds. The Labute approximate surface area is 66.5 Å². The normalized spacial score (nSPS) is 11.7. The zero-order valence-corrected chi connectivity index (χ0v) is 6.59. The minimum atomic E-state index is -0.507. The van der Waals surface area contributed by atoms with Crippen LogP contribution >= 0.6 is 0 Å². The van der Waals surface area contributed by atoms with Crippen LogP contribution in [0.3, 0.4) is 0 Å². The van der Waals surface area contributed by atoms with E-state index in [4.69, 9.17) is 0 Å². The van der Waals surface area contributed by atoms with E-state index in [1.54, 1.807) is 19.3 Å². The first-order valence-corrected chi connectivity index (χ1v) is 3.48. The monoisotopic (exact) mass is 154 g/mol. The number of rotatable bonds is 5. The fourth-order valence-corrected chi connectivity index (χ4v) is 0.576. The van der Waals surface area contributed by atoms with Gasteiger partial charge in [0.1, 0.15) is 0 Å². The third-order valence-electron chi connectivity index (χ3n) is 1.13. The molecule has 0 aliphatic heterocycles. The summed E-state index contributed by atoms with van der Waals surface area (Å²) in [5, 5.41) is 2.45. The van der Waals surface area contributed by atoms with Crippen molar-refractivity contribution in [3.05, 3.63) is 12.7 Å². The summed E-state index contributed by atoms with van der Waals surface area (Å²) in [6, 6.07) is -0.507. The van der Waals surface area contributed by atoms with Gasteiger partial charge in [-0.2, -0.15) is 0 Å². The molecule has 0 rings (SSSR count). The molecule has 0 aliphatic rings. The standard InChI is InChI=1S/C8H12NO2/c1-3-4-5-8(11)9-7(2)6-10/h3,7H,1,4-5H2,2H3,(H,9,11)/t7-/m0/s1. The number of amides is 1. The van der Waals surface area contributed by atoms with Gasteiger partial charge < -0.3 is 5.32 Å². The highest BCUT2D eigenvalue weighted by atomic mass is 16.2. The summed E-state index contributed by atoms with van der Waals surface area (Å²) in [6.07, 6.45) is 4.35. The fourth-order valence-electron chi connectivity index (χ4n) is 0.576. The molecule has 0 aromatic carbocycles. The summed E-state index contributed by atoms with van der Waals surface area (Å²) in [4.78, 5) is 20.8. The van der Waals surface area contributed by atoms with Crippen LogP contribution < -0.4 is 5.32 Å². The molecule has 0 saturated heterocycles. The van der Waals surface area contributed by atoms with E-state index in [2.05, 4.69) is 11.9 Å². The topological polar surface area (TPSA) is 46.2 Å². The van der Waals surface area contributed by atoms with Crippen LogP contribution in [0.2, 0.25) is 0 Å². The van der Waals surface area contributed by atoms with Gasteiger partial charge in [-0.15, -0.1) is 6.58 Å². The molecule has 0 bridgehead atoms. The van der Waals surface area contributed by atoms with Gasteiger partial charge in [0.2, 0.25) is 12.2 Å². The fraction of sp³-hybridized carbons (Fsp3) is 0.500. The van der Waals surface area contributed by atoms with Crippen molar-refractivity contribution in [2.24, 2.45) is 0 Å². The maximum atomic E-state index is 10.8. The molecule has 1 atom stereocenters. The van der Waals surface area contributed by atoms with E-state index in [-0.39, 0.29) is 5.91 Å². The van der Waals surface area contributed by atoms with E-state index in [0.717, 1.165) is 0 Å². The number of carbonyl (C=O) groups excluding carboxylic acids is 2. The van der Waals surface area contributed by atoms with Crippen molar-refractivity contribution < 1.29 is 9.59 Å². The molecule has 0 saturated carbocycles. The van der Waals surface area contributed by atoms with Gasteiger partial charge in [-0.05, 0) is 13.3 Å². The first kappa shape index (κ1) is 9.88. The maximum Gasteiger partial charge on any atom is 0.222 e. The first-order chi connectivity index (χ1) is 5.20. The van der Waals surface area contributed by atoms with E-state index in [9.17, 15) is 9.59 Å². The summed E-state index contributed by atoms with van der Waals surface area (Å²) < 4.78 is 0. The van der Waals surface area contributed by atoms with Crippen LogP contribution in [0.25, 0.3) is 0 Å². The minimum absolute atomic E-state index is 0.138. The molecule has 0 spiro atoms. The number of nitrogens with one attached hydrogen (secondary N) is 1. The quantitative estimate of drug-likeness (QED) is 0.588. The van der Waals surface area contributed by atoms with Crippen molar-refractivity contribution in [3.8, 4) is 0 Å². The Morgan fingerprint density at radius 1 is 1.82 bits per heavy atom. The van der Waals surface area contributed by atoms with Gasteiger partial charge in [-0.25, -0.2) is 0 Å². The van der Waals surface area contributed by atoms with Gasteiger partial charge >= 0.3 is 0 Å². The van der Waals surface area contributed by atoms with Gasteiger partial charge in [0.05, 0.1) is 6.04 Å². The highest BCUT2D eigenvalue weighted by molar-refractivity contribution is 5.79. The molecule has 61 valence electrons. The van der Waals surface area contributed by atoms with Crippen molar-refractivity contribution in [3.63, 3.8) is 0 Å². The molecule has 1 N–H and O–H groups in total. The van der Waals surface area contributed by atoms with Crippen LogP contribution in [-0.4, -0.2) is 18.2 Å². The molecule has 3 heteroatoms. The first-order valence-electron chi connectivity index (χ1n) is 3.48. The molecule has 0 heterocycles. The molecular formula is C8H12NO2. The van der Waals surface area contributed by atoms with Crippen LogP contribution in [-0.2, 0) is 9.59 Å². The second-order valence-corrected chi connectivity index (χ2v) is 2.23. The largest absolute Gasteiger partial charge is 0.346 e. The molecule has 0 aromatic rings. The smallest absolute Gasteiger partial charge is 0.222 e. The lowest BCUT2D eigenvalue weighted by molar-refractivity contribution is -0.121. The molecule has 1 radical (unpaired) electrons. The second kappa shape index (κ2) is 5.65. The van der Waals surface area contributed by atoms with Crippen molar-refractivity contribution in [1.29, 1.82) is 0 Å². The average molecular weight is 154 g/mol. The van der Waals surface area contributed by atoms with Crippen LogP contribution in [0.1, 0.15) is 19.8 Å². The van der Waals surface area contributed by atoms with E-state index < -0.39 is 6.04 Å².